The lowest BCUT2D eigenvalue weighted by Crippen LogP contribution is -2.31. The van der Waals surface area contributed by atoms with Crippen molar-refractivity contribution in [3.63, 3.8) is 0 Å². The summed E-state index contributed by atoms with van der Waals surface area (Å²) in [6.45, 7) is 4.69. The fraction of sp³-hybridized carbons (Fsp3) is 0.625. The van der Waals surface area contributed by atoms with Gasteiger partial charge in [0.15, 0.2) is 0 Å². The molecule has 0 amide bonds. The molecule has 100 valence electrons. The molecule has 1 nitrogen and oxygen atoms in total. The lowest BCUT2D eigenvalue weighted by atomic mass is 9.72. The molecule has 1 aromatic rings. The van der Waals surface area contributed by atoms with Crippen LogP contribution in [0.2, 0.25) is 0 Å². The molecular weight excluding hydrogens is 225 g/mol. The summed E-state index contributed by atoms with van der Waals surface area (Å²) in [5, 5.41) is 3.43. The Kier molecular flexibility index (Phi) is 4.39. The van der Waals surface area contributed by atoms with Gasteiger partial charge in [0.2, 0.25) is 0 Å². The molecule has 0 aromatic heterocycles. The van der Waals surface area contributed by atoms with Gasteiger partial charge in [0.1, 0.15) is 5.82 Å². The first-order valence-electron chi connectivity index (χ1n) is 7.03. The van der Waals surface area contributed by atoms with E-state index in [9.17, 15) is 4.39 Å². The van der Waals surface area contributed by atoms with E-state index in [1.165, 1.54) is 24.8 Å². The summed E-state index contributed by atoms with van der Waals surface area (Å²) in [5.41, 5.74) is 1.21. The summed E-state index contributed by atoms with van der Waals surface area (Å²) >= 11 is 0. The molecule has 2 rings (SSSR count). The van der Waals surface area contributed by atoms with E-state index >= 15 is 0 Å². The largest absolute Gasteiger partial charge is 0.313 e. The standard InChI is InChI=1S/C16H24FN/c1-11-8-12(2)10-14(9-11)16(18-3)13-4-6-15(17)7-5-13/h4-7,11-12,14,16,18H,8-10H2,1-3H3. The van der Waals surface area contributed by atoms with Gasteiger partial charge < -0.3 is 5.32 Å². The summed E-state index contributed by atoms with van der Waals surface area (Å²) in [6.07, 6.45) is 3.89. The molecule has 0 spiro atoms. The molecule has 0 aliphatic heterocycles. The normalized spacial score (nSPS) is 30.1. The predicted octanol–water partition coefficient (Wildman–Crippen LogP) is 4.16. The van der Waals surface area contributed by atoms with E-state index in [-0.39, 0.29) is 5.82 Å². The summed E-state index contributed by atoms with van der Waals surface area (Å²) in [5.74, 6) is 2.11. The molecule has 1 aromatic carbocycles. The van der Waals surface area contributed by atoms with Gasteiger partial charge in [-0.25, -0.2) is 4.39 Å². The van der Waals surface area contributed by atoms with Crippen molar-refractivity contribution in [3.8, 4) is 0 Å². The second-order valence-corrected chi connectivity index (χ2v) is 6.00. The molecule has 0 radical (unpaired) electrons. The fourth-order valence-corrected chi connectivity index (χ4v) is 3.63. The summed E-state index contributed by atoms with van der Waals surface area (Å²) in [4.78, 5) is 0. The summed E-state index contributed by atoms with van der Waals surface area (Å²) < 4.78 is 13.0. The number of hydrogen-bond donors (Lipinski definition) is 1. The maximum atomic E-state index is 13.0. The van der Waals surface area contributed by atoms with Crippen LogP contribution in [0.3, 0.4) is 0 Å². The van der Waals surface area contributed by atoms with Crippen molar-refractivity contribution < 1.29 is 4.39 Å². The lowest BCUT2D eigenvalue weighted by molar-refractivity contribution is 0.180. The van der Waals surface area contributed by atoms with Crippen LogP contribution in [0.5, 0.6) is 0 Å². The molecule has 0 bridgehead atoms. The van der Waals surface area contributed by atoms with Gasteiger partial charge in [-0.2, -0.15) is 0 Å². The van der Waals surface area contributed by atoms with Crippen LogP contribution in [0.25, 0.3) is 0 Å². The maximum absolute atomic E-state index is 13.0. The topological polar surface area (TPSA) is 12.0 Å². The fourth-order valence-electron chi connectivity index (χ4n) is 3.63. The minimum Gasteiger partial charge on any atom is -0.313 e. The van der Waals surface area contributed by atoms with Gasteiger partial charge >= 0.3 is 0 Å². The minimum absolute atomic E-state index is 0.154. The molecular formula is C16H24FN. The highest BCUT2D eigenvalue weighted by Crippen LogP contribution is 2.39. The number of benzene rings is 1. The Bertz CT molecular complexity index is 363. The predicted molar refractivity (Wildman–Crippen MR) is 73.9 cm³/mol. The van der Waals surface area contributed by atoms with Gasteiger partial charge in [0, 0.05) is 6.04 Å². The van der Waals surface area contributed by atoms with Gasteiger partial charge in [0.25, 0.3) is 0 Å². The number of nitrogens with one attached hydrogen (secondary N) is 1. The Balaban J connectivity index is 2.14. The first-order chi connectivity index (χ1) is 8.60. The molecule has 1 aliphatic carbocycles. The molecule has 2 heteroatoms. The molecule has 3 unspecified atom stereocenters. The lowest BCUT2D eigenvalue weighted by Gasteiger charge is -2.36. The van der Waals surface area contributed by atoms with Crippen molar-refractivity contribution in [3.05, 3.63) is 35.6 Å². The third kappa shape index (κ3) is 3.11. The van der Waals surface area contributed by atoms with Crippen LogP contribution in [0.4, 0.5) is 4.39 Å². The molecule has 1 N–H and O–H groups in total. The molecule has 3 atom stereocenters. The third-order valence-corrected chi connectivity index (χ3v) is 4.23. The third-order valence-electron chi connectivity index (χ3n) is 4.23. The molecule has 1 aliphatic rings. The van der Waals surface area contributed by atoms with E-state index in [1.54, 1.807) is 12.1 Å². The number of halogens is 1. The van der Waals surface area contributed by atoms with E-state index in [0.29, 0.717) is 12.0 Å². The highest BCUT2D eigenvalue weighted by Gasteiger charge is 2.29. The zero-order valence-electron chi connectivity index (χ0n) is 11.6. The monoisotopic (exact) mass is 249 g/mol. The molecule has 0 heterocycles. The summed E-state index contributed by atoms with van der Waals surface area (Å²) in [6, 6.07) is 7.32. The van der Waals surface area contributed by atoms with E-state index in [0.717, 1.165) is 11.8 Å². The molecule has 1 fully saturated rings. The van der Waals surface area contributed by atoms with Crippen molar-refractivity contribution in [2.45, 2.75) is 39.2 Å². The van der Waals surface area contributed by atoms with Crippen molar-refractivity contribution >= 4 is 0 Å². The highest BCUT2D eigenvalue weighted by molar-refractivity contribution is 5.20. The van der Waals surface area contributed by atoms with Crippen molar-refractivity contribution in [2.24, 2.45) is 17.8 Å². The summed E-state index contributed by atoms with van der Waals surface area (Å²) in [7, 11) is 2.01. The van der Waals surface area contributed by atoms with E-state index in [4.69, 9.17) is 0 Å². The van der Waals surface area contributed by atoms with Gasteiger partial charge in [-0.3, -0.25) is 0 Å². The van der Waals surface area contributed by atoms with Crippen LogP contribution >= 0.6 is 0 Å². The maximum Gasteiger partial charge on any atom is 0.123 e. The van der Waals surface area contributed by atoms with Crippen LogP contribution < -0.4 is 5.32 Å². The second kappa shape index (κ2) is 5.83. The average Bonchev–Trinajstić information content (AvgIpc) is 2.31. The van der Waals surface area contributed by atoms with Crippen LogP contribution in [0, 0.1) is 23.6 Å². The Morgan fingerprint density at radius 3 is 2.11 bits per heavy atom. The van der Waals surface area contributed by atoms with Gasteiger partial charge in [-0.1, -0.05) is 26.0 Å². The Labute approximate surface area is 110 Å². The van der Waals surface area contributed by atoms with Crippen LogP contribution in [-0.4, -0.2) is 7.05 Å². The SMILES string of the molecule is CNC(c1ccc(F)cc1)C1CC(C)CC(C)C1. The molecule has 1 saturated carbocycles. The number of rotatable bonds is 3. The average molecular weight is 249 g/mol. The Morgan fingerprint density at radius 2 is 1.61 bits per heavy atom. The Hall–Kier alpha value is -0.890. The smallest absolute Gasteiger partial charge is 0.123 e. The zero-order chi connectivity index (χ0) is 13.1. The van der Waals surface area contributed by atoms with Crippen molar-refractivity contribution in [2.75, 3.05) is 7.05 Å². The minimum atomic E-state index is -0.154. The number of hydrogen-bond acceptors (Lipinski definition) is 1. The van der Waals surface area contributed by atoms with E-state index < -0.39 is 0 Å². The second-order valence-electron chi connectivity index (χ2n) is 6.00. The quantitative estimate of drug-likeness (QED) is 0.848. The van der Waals surface area contributed by atoms with E-state index in [2.05, 4.69) is 19.2 Å². The van der Waals surface area contributed by atoms with Crippen molar-refractivity contribution in [1.29, 1.82) is 0 Å². The van der Waals surface area contributed by atoms with Crippen molar-refractivity contribution in [1.82, 2.24) is 5.32 Å². The van der Waals surface area contributed by atoms with Gasteiger partial charge in [0.05, 0.1) is 0 Å². The highest BCUT2D eigenvalue weighted by atomic mass is 19.1. The first-order valence-corrected chi connectivity index (χ1v) is 7.03. The van der Waals surface area contributed by atoms with Crippen LogP contribution in [0.1, 0.15) is 44.7 Å². The van der Waals surface area contributed by atoms with Gasteiger partial charge in [-0.15, -0.1) is 0 Å². The van der Waals surface area contributed by atoms with E-state index in [1.807, 2.05) is 19.2 Å². The van der Waals surface area contributed by atoms with Gasteiger partial charge in [-0.05, 0) is 61.8 Å². The first kappa shape index (κ1) is 13.5. The van der Waals surface area contributed by atoms with Crippen LogP contribution in [-0.2, 0) is 0 Å². The molecule has 0 saturated heterocycles. The van der Waals surface area contributed by atoms with Crippen LogP contribution in [0.15, 0.2) is 24.3 Å². The molecule has 18 heavy (non-hydrogen) atoms. The Morgan fingerprint density at radius 1 is 1.06 bits per heavy atom. The zero-order valence-corrected chi connectivity index (χ0v) is 11.6.